The fourth-order valence-electron chi connectivity index (χ4n) is 3.31. The molecule has 1 N–H and O–H groups in total. The largest absolute Gasteiger partial charge is 0.311 e. The van der Waals surface area contributed by atoms with Gasteiger partial charge in [0.15, 0.2) is 0 Å². The van der Waals surface area contributed by atoms with Crippen molar-refractivity contribution in [3.8, 4) is 0 Å². The predicted molar refractivity (Wildman–Crippen MR) is 84.8 cm³/mol. The van der Waals surface area contributed by atoms with Crippen LogP contribution in [0, 0.1) is 6.92 Å². The molecule has 1 aliphatic rings. The lowest BCUT2D eigenvalue weighted by Gasteiger charge is -2.49. The van der Waals surface area contributed by atoms with Crippen molar-refractivity contribution in [1.82, 2.24) is 15.2 Å². The van der Waals surface area contributed by atoms with Crippen LogP contribution >= 0.6 is 0 Å². The second-order valence-corrected chi connectivity index (χ2v) is 6.07. The SMILES string of the molecule is CCC1CN(Cc2cccc(C)n2)C(CC)(CC)CN1. The van der Waals surface area contributed by atoms with Crippen molar-refractivity contribution in [3.05, 3.63) is 29.6 Å². The summed E-state index contributed by atoms with van der Waals surface area (Å²) in [5.74, 6) is 0. The molecule has 1 saturated heterocycles. The number of nitrogens with one attached hydrogen (secondary N) is 1. The molecule has 1 aliphatic heterocycles. The van der Waals surface area contributed by atoms with Crippen LogP contribution < -0.4 is 5.32 Å². The van der Waals surface area contributed by atoms with E-state index in [0.29, 0.717) is 6.04 Å². The minimum atomic E-state index is 0.289. The number of rotatable bonds is 5. The molecule has 0 amide bonds. The zero-order valence-electron chi connectivity index (χ0n) is 13.4. The van der Waals surface area contributed by atoms with Gasteiger partial charge in [0.25, 0.3) is 0 Å². The van der Waals surface area contributed by atoms with Gasteiger partial charge in [-0.05, 0) is 38.3 Å². The normalized spacial score (nSPS) is 22.9. The quantitative estimate of drug-likeness (QED) is 0.895. The van der Waals surface area contributed by atoms with Gasteiger partial charge >= 0.3 is 0 Å². The van der Waals surface area contributed by atoms with Crippen LogP contribution in [-0.2, 0) is 6.54 Å². The van der Waals surface area contributed by atoms with Gasteiger partial charge in [-0.25, -0.2) is 0 Å². The maximum atomic E-state index is 4.69. The van der Waals surface area contributed by atoms with E-state index < -0.39 is 0 Å². The average molecular weight is 275 g/mol. The Morgan fingerprint density at radius 1 is 1.30 bits per heavy atom. The maximum Gasteiger partial charge on any atom is 0.0547 e. The van der Waals surface area contributed by atoms with Crippen LogP contribution in [0.25, 0.3) is 0 Å². The minimum Gasteiger partial charge on any atom is -0.311 e. The molecule has 0 spiro atoms. The van der Waals surface area contributed by atoms with Crippen LogP contribution in [0.2, 0.25) is 0 Å². The summed E-state index contributed by atoms with van der Waals surface area (Å²) in [4.78, 5) is 7.36. The highest BCUT2D eigenvalue weighted by Crippen LogP contribution is 2.29. The summed E-state index contributed by atoms with van der Waals surface area (Å²) in [5, 5.41) is 3.73. The van der Waals surface area contributed by atoms with Gasteiger partial charge in [0.1, 0.15) is 0 Å². The Bertz CT molecular complexity index is 426. The lowest BCUT2D eigenvalue weighted by Crippen LogP contribution is -2.63. The van der Waals surface area contributed by atoms with Gasteiger partial charge in [0.2, 0.25) is 0 Å². The van der Waals surface area contributed by atoms with Crippen LogP contribution in [-0.4, -0.2) is 34.6 Å². The van der Waals surface area contributed by atoms with Crippen molar-refractivity contribution in [2.45, 2.75) is 65.1 Å². The molecule has 2 heterocycles. The Labute approximate surface area is 123 Å². The first-order valence-corrected chi connectivity index (χ1v) is 8.04. The summed E-state index contributed by atoms with van der Waals surface area (Å²) in [6, 6.07) is 6.97. The van der Waals surface area contributed by atoms with Gasteiger partial charge in [-0.15, -0.1) is 0 Å². The highest BCUT2D eigenvalue weighted by molar-refractivity contribution is 5.11. The number of hydrogen-bond acceptors (Lipinski definition) is 3. The van der Waals surface area contributed by atoms with E-state index in [2.05, 4.69) is 56.1 Å². The smallest absolute Gasteiger partial charge is 0.0547 e. The Morgan fingerprint density at radius 3 is 2.65 bits per heavy atom. The molecule has 1 aromatic heterocycles. The fourth-order valence-corrected chi connectivity index (χ4v) is 3.31. The van der Waals surface area contributed by atoms with Crippen LogP contribution in [0.4, 0.5) is 0 Å². The third-order valence-electron chi connectivity index (χ3n) is 4.94. The lowest BCUT2D eigenvalue weighted by molar-refractivity contribution is 0.0228. The van der Waals surface area contributed by atoms with Gasteiger partial charge in [0, 0.05) is 36.9 Å². The van der Waals surface area contributed by atoms with Crippen molar-refractivity contribution < 1.29 is 0 Å². The molecular formula is C17H29N3. The highest BCUT2D eigenvalue weighted by atomic mass is 15.3. The van der Waals surface area contributed by atoms with E-state index in [9.17, 15) is 0 Å². The predicted octanol–water partition coefficient (Wildman–Crippen LogP) is 3.13. The van der Waals surface area contributed by atoms with E-state index in [0.717, 1.165) is 25.3 Å². The maximum absolute atomic E-state index is 4.69. The zero-order valence-corrected chi connectivity index (χ0v) is 13.4. The Morgan fingerprint density at radius 2 is 2.05 bits per heavy atom. The fraction of sp³-hybridized carbons (Fsp3) is 0.706. The van der Waals surface area contributed by atoms with Crippen molar-refractivity contribution in [2.24, 2.45) is 0 Å². The number of hydrogen-bond donors (Lipinski definition) is 1. The first kappa shape index (κ1) is 15.5. The third-order valence-corrected chi connectivity index (χ3v) is 4.94. The summed E-state index contributed by atoms with van der Waals surface area (Å²) in [7, 11) is 0. The molecule has 20 heavy (non-hydrogen) atoms. The molecule has 3 heteroatoms. The third kappa shape index (κ3) is 3.21. The average Bonchev–Trinajstić information content (AvgIpc) is 2.47. The second kappa shape index (κ2) is 6.68. The van der Waals surface area contributed by atoms with Crippen LogP contribution in [0.15, 0.2) is 18.2 Å². The molecule has 0 bridgehead atoms. The van der Waals surface area contributed by atoms with Gasteiger partial charge < -0.3 is 5.32 Å². The number of nitrogens with zero attached hydrogens (tertiary/aromatic N) is 2. The molecule has 1 unspecified atom stereocenters. The molecule has 112 valence electrons. The van der Waals surface area contributed by atoms with E-state index in [1.165, 1.54) is 25.0 Å². The van der Waals surface area contributed by atoms with Gasteiger partial charge in [-0.1, -0.05) is 26.8 Å². The highest BCUT2D eigenvalue weighted by Gasteiger charge is 2.38. The second-order valence-electron chi connectivity index (χ2n) is 6.07. The van der Waals surface area contributed by atoms with Crippen molar-refractivity contribution in [3.63, 3.8) is 0 Å². The summed E-state index contributed by atoms with van der Waals surface area (Å²) < 4.78 is 0. The van der Waals surface area contributed by atoms with Gasteiger partial charge in [-0.2, -0.15) is 0 Å². The van der Waals surface area contributed by atoms with Gasteiger partial charge in [0.05, 0.1) is 5.69 Å². The lowest BCUT2D eigenvalue weighted by atomic mass is 9.86. The topological polar surface area (TPSA) is 28.2 Å². The molecule has 3 nitrogen and oxygen atoms in total. The first-order valence-electron chi connectivity index (χ1n) is 8.04. The first-order chi connectivity index (χ1) is 9.63. The molecule has 0 radical (unpaired) electrons. The van der Waals surface area contributed by atoms with Crippen LogP contribution in [0.1, 0.15) is 51.4 Å². The van der Waals surface area contributed by atoms with E-state index in [1.807, 2.05) is 0 Å². The van der Waals surface area contributed by atoms with E-state index in [1.54, 1.807) is 0 Å². The Hall–Kier alpha value is -0.930. The summed E-state index contributed by atoms with van der Waals surface area (Å²) in [6.07, 6.45) is 3.58. The molecule has 1 atom stereocenters. The summed E-state index contributed by atoms with van der Waals surface area (Å²) in [6.45, 7) is 12.2. The standard InChI is InChI=1S/C17H29N3/c1-5-15-11-20(17(6-2,7-3)13-18-15)12-16-10-8-9-14(4)19-16/h8-10,15,18H,5-7,11-13H2,1-4H3. The van der Waals surface area contributed by atoms with E-state index in [4.69, 9.17) is 4.98 Å². The Kier molecular flexibility index (Phi) is 5.17. The molecule has 0 aromatic carbocycles. The number of aromatic nitrogens is 1. The number of pyridine rings is 1. The van der Waals surface area contributed by atoms with Crippen molar-refractivity contribution in [2.75, 3.05) is 13.1 Å². The van der Waals surface area contributed by atoms with Crippen LogP contribution in [0.5, 0.6) is 0 Å². The number of piperazine rings is 1. The minimum absolute atomic E-state index is 0.289. The van der Waals surface area contributed by atoms with Crippen molar-refractivity contribution >= 4 is 0 Å². The monoisotopic (exact) mass is 275 g/mol. The Balaban J connectivity index is 2.18. The molecule has 0 aliphatic carbocycles. The molecule has 1 fully saturated rings. The van der Waals surface area contributed by atoms with E-state index in [-0.39, 0.29) is 5.54 Å². The summed E-state index contributed by atoms with van der Waals surface area (Å²) >= 11 is 0. The van der Waals surface area contributed by atoms with Crippen LogP contribution in [0.3, 0.4) is 0 Å². The van der Waals surface area contributed by atoms with Gasteiger partial charge in [-0.3, -0.25) is 9.88 Å². The van der Waals surface area contributed by atoms with Crippen molar-refractivity contribution in [1.29, 1.82) is 0 Å². The molecule has 0 saturated carbocycles. The number of aryl methyl sites for hydroxylation is 1. The van der Waals surface area contributed by atoms with E-state index >= 15 is 0 Å². The molecule has 2 rings (SSSR count). The molecule has 1 aromatic rings. The molecular weight excluding hydrogens is 246 g/mol. The zero-order chi connectivity index (χ0) is 14.6. The summed E-state index contributed by atoms with van der Waals surface area (Å²) in [5.41, 5.74) is 2.60.